The van der Waals surface area contributed by atoms with E-state index in [0.717, 1.165) is 51.4 Å². The monoisotopic (exact) mass is 448 g/mol. The maximum absolute atomic E-state index is 11.5. The van der Waals surface area contributed by atoms with Crippen molar-refractivity contribution in [3.05, 3.63) is 0 Å². The molecule has 180 valence electrons. The van der Waals surface area contributed by atoms with Crippen LogP contribution >= 0.6 is 0 Å². The largest absolute Gasteiger partial charge is 0.481 e. The SMILES string of the molecule is CC(CCC(=O)O)C1CCC2[C@H]3C(CC[C@]12C)[C@@]1(C)CCC(OC=O)C[C@H]1C[C@@H]3OC=O. The Hall–Kier alpha value is -1.59. The average molecular weight is 449 g/mol. The smallest absolute Gasteiger partial charge is 0.303 e. The molecule has 5 unspecified atom stereocenters. The molecule has 1 N–H and O–H groups in total. The van der Waals surface area contributed by atoms with E-state index >= 15 is 0 Å². The van der Waals surface area contributed by atoms with Crippen molar-refractivity contribution in [2.75, 3.05) is 0 Å². The van der Waals surface area contributed by atoms with Gasteiger partial charge in [0.2, 0.25) is 0 Å². The van der Waals surface area contributed by atoms with Gasteiger partial charge in [-0.2, -0.15) is 0 Å². The predicted molar refractivity (Wildman–Crippen MR) is 119 cm³/mol. The molecule has 4 aliphatic carbocycles. The van der Waals surface area contributed by atoms with Gasteiger partial charge >= 0.3 is 5.97 Å². The quantitative estimate of drug-likeness (QED) is 0.535. The zero-order valence-electron chi connectivity index (χ0n) is 19.8. The number of aliphatic carboxylic acids is 1. The molecule has 4 rings (SSSR count). The van der Waals surface area contributed by atoms with Crippen LogP contribution < -0.4 is 0 Å². The molecule has 0 amide bonds. The van der Waals surface area contributed by atoms with Gasteiger partial charge in [-0.25, -0.2) is 0 Å². The average Bonchev–Trinajstić information content (AvgIpc) is 3.10. The van der Waals surface area contributed by atoms with Gasteiger partial charge < -0.3 is 14.6 Å². The summed E-state index contributed by atoms with van der Waals surface area (Å²) in [6, 6.07) is 0. The lowest BCUT2D eigenvalue weighted by atomic mass is 9.43. The summed E-state index contributed by atoms with van der Waals surface area (Å²) in [5, 5.41) is 9.16. The third kappa shape index (κ3) is 3.86. The fourth-order valence-electron chi connectivity index (χ4n) is 9.10. The lowest BCUT2D eigenvalue weighted by molar-refractivity contribution is -0.190. The van der Waals surface area contributed by atoms with Gasteiger partial charge in [0.05, 0.1) is 0 Å². The minimum Gasteiger partial charge on any atom is -0.481 e. The van der Waals surface area contributed by atoms with Crippen molar-refractivity contribution in [1.82, 2.24) is 0 Å². The van der Waals surface area contributed by atoms with Crippen LogP contribution in [0.1, 0.15) is 85.0 Å². The van der Waals surface area contributed by atoms with Crippen molar-refractivity contribution < 1.29 is 29.0 Å². The molecule has 4 fully saturated rings. The second-order valence-corrected chi connectivity index (χ2v) is 11.8. The topological polar surface area (TPSA) is 89.9 Å². The molecule has 4 saturated carbocycles. The first-order valence-electron chi connectivity index (χ1n) is 12.6. The van der Waals surface area contributed by atoms with Crippen LogP contribution in [0.25, 0.3) is 0 Å². The molecular formula is C26H40O6. The highest BCUT2D eigenvalue weighted by Gasteiger charge is 2.63. The van der Waals surface area contributed by atoms with Gasteiger partial charge in [-0.15, -0.1) is 0 Å². The number of carbonyl (C=O) groups excluding carboxylic acids is 2. The van der Waals surface area contributed by atoms with Gasteiger partial charge in [-0.3, -0.25) is 14.4 Å². The number of hydrogen-bond donors (Lipinski definition) is 1. The van der Waals surface area contributed by atoms with Crippen molar-refractivity contribution in [2.24, 2.45) is 46.3 Å². The Kier molecular flexibility index (Phi) is 6.61. The van der Waals surface area contributed by atoms with Crippen molar-refractivity contribution in [1.29, 1.82) is 0 Å². The third-order valence-corrected chi connectivity index (χ3v) is 10.7. The van der Waals surface area contributed by atoms with Crippen LogP contribution in [0.4, 0.5) is 0 Å². The standard InChI is InChI=1S/C26H40O6/c1-16(4-7-23(29)30)19-5-6-20-24-21(9-11-26(19,20)3)25(2)10-8-18(31-14-27)12-17(25)13-22(24)32-15-28/h14-22,24H,4-13H2,1-3H3,(H,29,30)/t16?,17-,18?,19?,20?,21?,22-,24-,25-,26+/m0/s1. The van der Waals surface area contributed by atoms with E-state index < -0.39 is 5.97 Å². The van der Waals surface area contributed by atoms with Crippen molar-refractivity contribution in [3.63, 3.8) is 0 Å². The molecule has 0 bridgehead atoms. The summed E-state index contributed by atoms with van der Waals surface area (Å²) in [7, 11) is 0. The van der Waals surface area contributed by atoms with E-state index in [2.05, 4.69) is 20.8 Å². The second-order valence-electron chi connectivity index (χ2n) is 11.8. The van der Waals surface area contributed by atoms with Gasteiger partial charge in [-0.05, 0) is 98.2 Å². The lowest BCUT2D eigenvalue weighted by Crippen LogP contribution is -2.59. The summed E-state index contributed by atoms with van der Waals surface area (Å²) in [4.78, 5) is 33.6. The Morgan fingerprint density at radius 2 is 1.69 bits per heavy atom. The van der Waals surface area contributed by atoms with Crippen LogP contribution in [0, 0.1) is 46.3 Å². The normalized spacial score (nSPS) is 46.2. The third-order valence-electron chi connectivity index (χ3n) is 10.7. The molecule has 0 heterocycles. The summed E-state index contributed by atoms with van der Waals surface area (Å²) >= 11 is 0. The Morgan fingerprint density at radius 1 is 1.00 bits per heavy atom. The summed E-state index contributed by atoms with van der Waals surface area (Å²) in [5.41, 5.74) is 0.384. The van der Waals surface area contributed by atoms with Crippen LogP contribution in [0.5, 0.6) is 0 Å². The molecule has 32 heavy (non-hydrogen) atoms. The Balaban J connectivity index is 1.58. The van der Waals surface area contributed by atoms with Crippen molar-refractivity contribution in [3.8, 4) is 0 Å². The zero-order valence-corrected chi connectivity index (χ0v) is 19.8. The van der Waals surface area contributed by atoms with E-state index in [1.54, 1.807) is 0 Å². The molecule has 0 aliphatic heterocycles. The van der Waals surface area contributed by atoms with Crippen LogP contribution in [-0.4, -0.2) is 36.2 Å². The fourth-order valence-corrected chi connectivity index (χ4v) is 9.10. The van der Waals surface area contributed by atoms with Crippen LogP contribution in [0.15, 0.2) is 0 Å². The molecule has 0 aromatic heterocycles. The number of ether oxygens (including phenoxy) is 2. The number of hydrogen-bond acceptors (Lipinski definition) is 5. The van der Waals surface area contributed by atoms with E-state index in [9.17, 15) is 14.4 Å². The molecular weight excluding hydrogens is 408 g/mol. The second kappa shape index (κ2) is 8.98. The first-order chi connectivity index (χ1) is 15.2. The fraction of sp³-hybridized carbons (Fsp3) is 0.885. The van der Waals surface area contributed by atoms with Crippen molar-refractivity contribution in [2.45, 2.75) is 97.2 Å². The van der Waals surface area contributed by atoms with E-state index in [0.29, 0.717) is 48.5 Å². The van der Waals surface area contributed by atoms with E-state index in [-0.39, 0.29) is 29.5 Å². The molecule has 6 nitrogen and oxygen atoms in total. The highest BCUT2D eigenvalue weighted by atomic mass is 16.5. The molecule has 10 atom stereocenters. The summed E-state index contributed by atoms with van der Waals surface area (Å²) in [5.74, 6) is 2.04. The summed E-state index contributed by atoms with van der Waals surface area (Å²) < 4.78 is 11.1. The van der Waals surface area contributed by atoms with Crippen LogP contribution in [-0.2, 0) is 23.9 Å². The molecule has 0 radical (unpaired) electrons. The van der Waals surface area contributed by atoms with Gasteiger partial charge in [-0.1, -0.05) is 20.8 Å². The Labute approximate surface area is 191 Å². The molecule has 6 heteroatoms. The maximum atomic E-state index is 11.5. The lowest BCUT2D eigenvalue weighted by Gasteiger charge is -2.62. The molecule has 0 aromatic carbocycles. The number of fused-ring (bicyclic) bond motifs is 5. The minimum atomic E-state index is -0.708. The number of carbonyl (C=O) groups is 3. The Bertz CT molecular complexity index is 723. The molecule has 0 saturated heterocycles. The van der Waals surface area contributed by atoms with Crippen molar-refractivity contribution >= 4 is 18.9 Å². The summed E-state index contributed by atoms with van der Waals surface area (Å²) in [6.45, 7) is 8.33. The van der Waals surface area contributed by atoms with Crippen LogP contribution in [0.3, 0.4) is 0 Å². The maximum Gasteiger partial charge on any atom is 0.303 e. The van der Waals surface area contributed by atoms with E-state index in [1.165, 1.54) is 6.42 Å². The first-order valence-corrected chi connectivity index (χ1v) is 12.6. The Morgan fingerprint density at radius 3 is 2.38 bits per heavy atom. The van der Waals surface area contributed by atoms with Gasteiger partial charge in [0, 0.05) is 12.3 Å². The highest BCUT2D eigenvalue weighted by Crippen LogP contribution is 2.68. The number of carboxylic acid groups (broad SMARTS) is 1. The zero-order chi connectivity index (χ0) is 23.1. The van der Waals surface area contributed by atoms with Crippen LogP contribution in [0.2, 0.25) is 0 Å². The molecule has 0 aromatic rings. The van der Waals surface area contributed by atoms with Gasteiger partial charge in [0.25, 0.3) is 12.9 Å². The molecule has 4 aliphatic rings. The predicted octanol–water partition coefficient (Wildman–Crippen LogP) is 4.84. The molecule has 0 spiro atoms. The van der Waals surface area contributed by atoms with E-state index in [1.807, 2.05) is 0 Å². The van der Waals surface area contributed by atoms with Gasteiger partial charge in [0.15, 0.2) is 0 Å². The number of rotatable bonds is 8. The number of carboxylic acids is 1. The summed E-state index contributed by atoms with van der Waals surface area (Å²) in [6.07, 6.45) is 9.23. The minimum absolute atomic E-state index is 0.0150. The first kappa shape index (κ1) is 23.6. The van der Waals surface area contributed by atoms with E-state index in [4.69, 9.17) is 14.6 Å². The highest BCUT2D eigenvalue weighted by molar-refractivity contribution is 5.66. The van der Waals surface area contributed by atoms with Gasteiger partial charge in [0.1, 0.15) is 12.2 Å².